The first-order chi connectivity index (χ1) is 56.5. The molecular formula is C92H158N3O22P. The van der Waals surface area contributed by atoms with Crippen molar-refractivity contribution in [2.75, 3.05) is 85.9 Å². The summed E-state index contributed by atoms with van der Waals surface area (Å²) in [6.07, 6.45) is 15.4. The first-order valence-electron chi connectivity index (χ1n) is 44.3. The molecule has 5 aliphatic rings. The molecule has 0 bridgehead atoms. The molecule has 5 aliphatic heterocycles. The van der Waals surface area contributed by atoms with Crippen LogP contribution in [-0.2, 0) is 108 Å². The fourth-order valence-electron chi connectivity index (χ4n) is 14.6. The number of carbonyl (C=O) groups excluding carboxylic acids is 4. The summed E-state index contributed by atoms with van der Waals surface area (Å²) in [7, 11) is -1.17. The van der Waals surface area contributed by atoms with Crippen molar-refractivity contribution in [3.8, 4) is 6.07 Å². The molecule has 4 fully saturated rings. The van der Waals surface area contributed by atoms with Crippen molar-refractivity contribution >= 4 is 38.3 Å². The number of esters is 4. The van der Waals surface area contributed by atoms with E-state index in [0.717, 1.165) is 116 Å². The molecule has 0 radical (unpaired) electrons. The fourth-order valence-corrected chi connectivity index (χ4v) is 16.2. The molecule has 9 unspecified atom stereocenters. The second-order valence-electron chi connectivity index (χ2n) is 33.3. The SMILES string of the molecule is CC(=O)OCC1O[C@@H](OCCCCCCO)C(C)[C@@H](C)[C@H]1C.CC(=O)OCC1O[C@@H](OCCCCCCOCc2ccccc2)C(C)[C@@H](C)[C@H]1C.CC(=O)OCC1O[C@@H](OCCCCCCOP(OCCC#N)N(C(C)C)C(C)C)C(C)[C@@H](C)[C@H]1C.CC(=O)OCC1O[C@@H]2OC(C)=NC2[C@@H](C)[C@H]1C.OCCCCCCOCc1ccccc1. The summed E-state index contributed by atoms with van der Waals surface area (Å²) in [5, 5.41) is 26.2. The van der Waals surface area contributed by atoms with Crippen molar-refractivity contribution in [1.82, 2.24) is 4.67 Å². The van der Waals surface area contributed by atoms with Gasteiger partial charge in [0.1, 0.15) is 32.5 Å². The van der Waals surface area contributed by atoms with Crippen molar-refractivity contribution in [2.24, 2.45) is 70.1 Å². The summed E-state index contributed by atoms with van der Waals surface area (Å²) in [6.45, 7) is 47.7. The number of hydrogen-bond donors (Lipinski definition) is 2. The molecule has 678 valence electrons. The van der Waals surface area contributed by atoms with Gasteiger partial charge in [-0.3, -0.25) is 19.2 Å². The van der Waals surface area contributed by atoms with Crippen LogP contribution in [0.1, 0.15) is 259 Å². The molecule has 0 saturated carbocycles. The molecule has 2 aromatic carbocycles. The van der Waals surface area contributed by atoms with Gasteiger partial charge in [0.15, 0.2) is 24.8 Å². The Labute approximate surface area is 712 Å². The van der Waals surface area contributed by atoms with Crippen LogP contribution in [0.3, 0.4) is 0 Å². The second kappa shape index (κ2) is 63.1. The zero-order chi connectivity index (χ0) is 87.3. The van der Waals surface area contributed by atoms with E-state index in [-0.39, 0.29) is 111 Å². The van der Waals surface area contributed by atoms with Crippen molar-refractivity contribution in [3.05, 3.63) is 71.8 Å². The Balaban J connectivity index is 0.000000394. The monoisotopic (exact) mass is 1690 g/mol. The maximum atomic E-state index is 11.2. The van der Waals surface area contributed by atoms with Gasteiger partial charge in [0, 0.05) is 111 Å². The van der Waals surface area contributed by atoms with Gasteiger partial charge in [0.05, 0.1) is 63.3 Å². The van der Waals surface area contributed by atoms with Crippen LogP contribution in [0.2, 0.25) is 0 Å². The summed E-state index contributed by atoms with van der Waals surface area (Å²) in [6, 6.07) is 23.3. The lowest BCUT2D eigenvalue weighted by Crippen LogP contribution is -2.49. The van der Waals surface area contributed by atoms with Crippen LogP contribution in [0, 0.1) is 76.4 Å². The molecule has 5 heterocycles. The number of nitriles is 1. The van der Waals surface area contributed by atoms with Crippen LogP contribution in [0.5, 0.6) is 0 Å². The Morgan fingerprint density at radius 3 is 1.07 bits per heavy atom. The Kier molecular flexibility index (Phi) is 57.4. The zero-order valence-electron chi connectivity index (χ0n) is 76.0. The van der Waals surface area contributed by atoms with E-state index in [2.05, 4.69) is 144 Å². The third-order valence-electron chi connectivity index (χ3n) is 23.3. The predicted octanol–water partition coefficient (Wildman–Crippen LogP) is 17.9. The lowest BCUT2D eigenvalue weighted by Gasteiger charge is -2.43. The minimum Gasteiger partial charge on any atom is -0.463 e. The van der Waals surface area contributed by atoms with Crippen LogP contribution in [0.4, 0.5) is 0 Å². The van der Waals surface area contributed by atoms with Gasteiger partial charge in [-0.1, -0.05) is 188 Å². The number of benzene rings is 2. The van der Waals surface area contributed by atoms with Crippen molar-refractivity contribution in [1.29, 1.82) is 5.26 Å². The highest BCUT2D eigenvalue weighted by molar-refractivity contribution is 7.44. The van der Waals surface area contributed by atoms with Gasteiger partial charge in [-0.05, 0) is 138 Å². The number of carbonyl (C=O) groups is 4. The average Bonchev–Trinajstić information content (AvgIpc) is 1.54. The van der Waals surface area contributed by atoms with Crippen LogP contribution in [-0.4, -0.2) is 198 Å². The predicted molar refractivity (Wildman–Crippen MR) is 459 cm³/mol. The molecular weight excluding hydrogens is 1530 g/mol. The number of nitrogens with zero attached hydrogens (tertiary/aromatic N) is 3. The van der Waals surface area contributed by atoms with Gasteiger partial charge < -0.3 is 85.6 Å². The fraction of sp³-hybridized carbons (Fsp3) is 0.804. The van der Waals surface area contributed by atoms with E-state index in [4.69, 9.17) is 90.8 Å². The number of rotatable bonds is 48. The lowest BCUT2D eigenvalue weighted by atomic mass is 9.79. The number of aliphatic hydroxyl groups is 2. The summed E-state index contributed by atoms with van der Waals surface area (Å²) in [5.74, 6) is 3.44. The van der Waals surface area contributed by atoms with Gasteiger partial charge >= 0.3 is 23.9 Å². The van der Waals surface area contributed by atoms with Crippen LogP contribution in [0.25, 0.3) is 0 Å². The standard InChI is InChI=1S/C26H49N2O6P.C24H38O5.C17H32O5.C13H20O2.C12H19NO4/c1-19(2)28(20(3)4)35(33-17-13-14-27)32-16-12-10-9-11-15-30-26-23(7)21(5)22(6)25(34-26)18-31-24(8)29;1-18-19(2)23(17-28-21(4)25)29-24(20(18)3)27-15-11-6-5-10-14-26-16-22-12-8-7-9-13-22;1-12-13(2)16(11-21-15(4)19)22-17(14(12)3)20-10-8-6-5-7-9-18;14-10-6-1-2-7-11-15-12-13-8-4-3-5-9-13;1-6-7(2)11-12(16-8(3)13-11)17-10(6)5-15-9(4)14/h19-23,25-26H,9-13,15-18H2,1-8H3;7-9,12-13,18-20,23-24H,5-6,10-11,14-17H2,1-4H3;12-14,16-18H,5-11H2,1-4H3;3-5,8-9,14H,1-2,6-7,10-12H2;6-7,10-12H,5H2,1-4H3/t21-,22+,23?,25?,26+,35?;18-,19+,20?,23?,24+;12-,13+,14?,16?,17+;;6-,7+,10?,11?,12+/m000.1/s1. The van der Waals surface area contributed by atoms with Crippen LogP contribution in [0.15, 0.2) is 65.7 Å². The average molecular weight is 1690 g/mol. The second-order valence-corrected chi connectivity index (χ2v) is 34.7. The molecule has 0 aliphatic carbocycles. The van der Waals surface area contributed by atoms with Crippen molar-refractivity contribution in [2.45, 2.75) is 329 Å². The van der Waals surface area contributed by atoms with E-state index < -0.39 is 8.53 Å². The zero-order valence-corrected chi connectivity index (χ0v) is 76.8. The van der Waals surface area contributed by atoms with Gasteiger partial charge in [-0.2, -0.15) is 5.26 Å². The largest absolute Gasteiger partial charge is 0.463 e. The Morgan fingerprint density at radius 1 is 0.424 bits per heavy atom. The number of unbranched alkanes of at least 4 members (excludes halogenated alkanes) is 12. The number of hydrogen-bond acceptors (Lipinski definition) is 25. The van der Waals surface area contributed by atoms with Gasteiger partial charge in [-0.25, -0.2) is 9.66 Å². The summed E-state index contributed by atoms with van der Waals surface area (Å²) in [4.78, 5) is 48.6. The van der Waals surface area contributed by atoms with Crippen molar-refractivity contribution in [3.63, 3.8) is 0 Å². The summed E-state index contributed by atoms with van der Waals surface area (Å²) < 4.78 is 93.7. The number of aliphatic imine (C=N–C) groups is 1. The van der Waals surface area contributed by atoms with E-state index >= 15 is 0 Å². The minimum atomic E-state index is -1.17. The molecule has 4 saturated heterocycles. The first kappa shape index (κ1) is 107. The lowest BCUT2D eigenvalue weighted by molar-refractivity contribution is -0.255. The first-order valence-corrected chi connectivity index (χ1v) is 45.5. The van der Waals surface area contributed by atoms with Gasteiger partial charge in [0.25, 0.3) is 8.53 Å². The molecule has 2 aromatic rings. The molecule has 0 spiro atoms. The van der Waals surface area contributed by atoms with E-state index in [1.807, 2.05) is 43.3 Å². The third kappa shape index (κ3) is 43.5. The molecule has 118 heavy (non-hydrogen) atoms. The summed E-state index contributed by atoms with van der Waals surface area (Å²) in [5.41, 5.74) is 2.45. The summed E-state index contributed by atoms with van der Waals surface area (Å²) >= 11 is 0. The highest BCUT2D eigenvalue weighted by Gasteiger charge is 2.47. The molecule has 2 N–H and O–H groups in total. The minimum absolute atomic E-state index is 0.0681. The molecule has 21 atom stereocenters. The molecule has 0 aromatic heterocycles. The molecule has 0 amide bonds. The van der Waals surface area contributed by atoms with Gasteiger partial charge in [-0.15, -0.1) is 0 Å². The highest BCUT2D eigenvalue weighted by atomic mass is 31.2. The van der Waals surface area contributed by atoms with Crippen molar-refractivity contribution < 1.29 is 105 Å². The molecule has 26 heteroatoms. The van der Waals surface area contributed by atoms with E-state index in [9.17, 15) is 19.2 Å². The van der Waals surface area contributed by atoms with Gasteiger partial charge in [0.2, 0.25) is 6.29 Å². The van der Waals surface area contributed by atoms with E-state index in [1.54, 1.807) is 0 Å². The van der Waals surface area contributed by atoms with E-state index in [1.165, 1.54) is 38.8 Å². The molecule has 7 rings (SSSR count). The highest BCUT2D eigenvalue weighted by Crippen LogP contribution is 2.47. The number of aliphatic hydroxyl groups excluding tert-OH is 2. The third-order valence-corrected chi connectivity index (χ3v) is 25.4. The normalized spacial score (nSPS) is 27.3. The topological polar surface area (TPSA) is 296 Å². The Bertz CT molecular complexity index is 2980. The Morgan fingerprint density at radius 2 is 0.737 bits per heavy atom. The molecule has 25 nitrogen and oxygen atoms in total. The van der Waals surface area contributed by atoms with Crippen LogP contribution >= 0.6 is 8.53 Å². The number of ether oxygens (including phenoxy) is 14. The van der Waals surface area contributed by atoms with Crippen LogP contribution < -0.4 is 0 Å². The van der Waals surface area contributed by atoms with E-state index in [0.29, 0.717) is 144 Å². The Hall–Kier alpha value is -4.85. The maximum Gasteiger partial charge on any atom is 0.302 e. The number of fused-ring (bicyclic) bond motifs is 1. The smallest absolute Gasteiger partial charge is 0.302 e. The quantitative estimate of drug-likeness (QED) is 0.0269. The maximum absolute atomic E-state index is 11.2.